The maximum Gasteiger partial charge on any atom is 0.258 e. The normalized spacial score (nSPS) is 13.3. The molecule has 0 atom stereocenters. The van der Waals surface area contributed by atoms with Gasteiger partial charge >= 0.3 is 0 Å². The average molecular weight is 404 g/mol. The maximum absolute atomic E-state index is 12.7. The first-order chi connectivity index (χ1) is 12.6. The Morgan fingerprint density at radius 1 is 1.23 bits per heavy atom. The zero-order chi connectivity index (χ0) is 18.1. The summed E-state index contributed by atoms with van der Waals surface area (Å²) >= 11 is 8.88. The summed E-state index contributed by atoms with van der Waals surface area (Å²) in [4.78, 5) is 32.2. The van der Waals surface area contributed by atoms with E-state index in [2.05, 4.69) is 10.3 Å². The number of nitrogens with one attached hydrogen (secondary N) is 1. The third-order valence-electron chi connectivity index (χ3n) is 4.09. The molecule has 1 aromatic carbocycles. The van der Waals surface area contributed by atoms with Crippen LogP contribution >= 0.6 is 34.3 Å². The van der Waals surface area contributed by atoms with Gasteiger partial charge in [-0.3, -0.25) is 14.9 Å². The molecule has 5 nitrogen and oxygen atoms in total. The van der Waals surface area contributed by atoms with Crippen LogP contribution in [0.25, 0.3) is 0 Å². The first-order valence-corrected chi connectivity index (χ1v) is 10.1. The molecule has 4 rings (SSSR count). The molecule has 0 radical (unpaired) electrons. The number of carbonyl (C=O) groups is 2. The van der Waals surface area contributed by atoms with Crippen molar-refractivity contribution in [2.45, 2.75) is 13.0 Å². The lowest BCUT2D eigenvalue weighted by Crippen LogP contribution is -2.35. The van der Waals surface area contributed by atoms with Crippen molar-refractivity contribution in [2.24, 2.45) is 0 Å². The summed E-state index contributed by atoms with van der Waals surface area (Å²) in [7, 11) is 0. The third kappa shape index (κ3) is 3.51. The minimum atomic E-state index is -0.163. The lowest BCUT2D eigenvalue weighted by Gasteiger charge is -2.26. The molecular formula is C18H14ClN3O2S2. The van der Waals surface area contributed by atoms with Crippen molar-refractivity contribution in [3.05, 3.63) is 67.8 Å². The minimum Gasteiger partial charge on any atom is -0.333 e. The van der Waals surface area contributed by atoms with Crippen LogP contribution in [0.4, 0.5) is 5.13 Å². The van der Waals surface area contributed by atoms with Crippen molar-refractivity contribution in [2.75, 3.05) is 11.9 Å². The van der Waals surface area contributed by atoms with Crippen LogP contribution in [-0.2, 0) is 13.0 Å². The summed E-state index contributed by atoms with van der Waals surface area (Å²) in [5.74, 6) is -0.209. The summed E-state index contributed by atoms with van der Waals surface area (Å²) < 4.78 is 0. The smallest absolute Gasteiger partial charge is 0.258 e. The van der Waals surface area contributed by atoms with Crippen molar-refractivity contribution in [3.8, 4) is 0 Å². The number of anilines is 1. The second-order valence-electron chi connectivity index (χ2n) is 5.84. The average Bonchev–Trinajstić information content (AvgIpc) is 3.29. The zero-order valence-electron chi connectivity index (χ0n) is 13.6. The molecule has 0 fully saturated rings. The molecule has 3 aromatic rings. The van der Waals surface area contributed by atoms with E-state index in [1.807, 2.05) is 5.38 Å². The van der Waals surface area contributed by atoms with Crippen LogP contribution in [-0.4, -0.2) is 28.2 Å². The Morgan fingerprint density at radius 3 is 2.88 bits per heavy atom. The standard InChI is InChI=1S/C18H14ClN3O2S2/c19-13-3-1-2-11(8-13)17(24)22-6-4-14-15(9-22)26-18(20-14)21-16(23)12-5-7-25-10-12/h1-3,5,7-8,10H,4,6,9H2,(H,20,21,23). The van der Waals surface area contributed by atoms with Gasteiger partial charge in [0.2, 0.25) is 0 Å². The number of rotatable bonds is 3. The highest BCUT2D eigenvalue weighted by molar-refractivity contribution is 7.16. The van der Waals surface area contributed by atoms with E-state index in [9.17, 15) is 9.59 Å². The summed E-state index contributed by atoms with van der Waals surface area (Å²) in [6.45, 7) is 1.09. The van der Waals surface area contributed by atoms with Crippen LogP contribution < -0.4 is 5.32 Å². The lowest BCUT2D eigenvalue weighted by atomic mass is 10.1. The number of nitrogens with zero attached hydrogens (tertiary/aromatic N) is 2. The Balaban J connectivity index is 1.48. The van der Waals surface area contributed by atoms with Crippen LogP contribution in [0.3, 0.4) is 0 Å². The van der Waals surface area contributed by atoms with Gasteiger partial charge in [0.1, 0.15) is 0 Å². The lowest BCUT2D eigenvalue weighted by molar-refractivity contribution is 0.0736. The molecule has 8 heteroatoms. The van der Waals surface area contributed by atoms with Crippen molar-refractivity contribution >= 4 is 51.2 Å². The Hall–Kier alpha value is -2.22. The van der Waals surface area contributed by atoms with Gasteiger partial charge in [-0.1, -0.05) is 29.0 Å². The summed E-state index contributed by atoms with van der Waals surface area (Å²) in [6.07, 6.45) is 0.673. The fourth-order valence-corrected chi connectivity index (χ4v) is 4.63. The third-order valence-corrected chi connectivity index (χ3v) is 6.01. The molecule has 1 aliphatic heterocycles. The molecule has 3 heterocycles. The molecule has 0 spiro atoms. The molecule has 1 aliphatic rings. The number of amides is 2. The van der Waals surface area contributed by atoms with Gasteiger partial charge in [-0.15, -0.1) is 0 Å². The summed E-state index contributed by atoms with van der Waals surface area (Å²) in [6, 6.07) is 8.74. The summed E-state index contributed by atoms with van der Waals surface area (Å²) in [5.41, 5.74) is 2.16. The van der Waals surface area contributed by atoms with Gasteiger partial charge in [0.05, 0.1) is 17.8 Å². The van der Waals surface area contributed by atoms with Gasteiger partial charge in [-0.05, 0) is 29.6 Å². The highest BCUT2D eigenvalue weighted by Crippen LogP contribution is 2.29. The molecule has 2 amide bonds. The molecular weight excluding hydrogens is 390 g/mol. The predicted molar refractivity (Wildman–Crippen MR) is 104 cm³/mol. The molecule has 0 saturated heterocycles. The molecule has 132 valence electrons. The Bertz CT molecular complexity index is 969. The number of fused-ring (bicyclic) bond motifs is 1. The number of benzene rings is 1. The Labute approximate surface area is 163 Å². The van der Waals surface area contributed by atoms with Gasteiger partial charge in [-0.25, -0.2) is 4.98 Å². The van der Waals surface area contributed by atoms with Crippen LogP contribution in [0.15, 0.2) is 41.1 Å². The molecule has 26 heavy (non-hydrogen) atoms. The highest BCUT2D eigenvalue weighted by atomic mass is 35.5. The van der Waals surface area contributed by atoms with E-state index in [0.29, 0.717) is 40.8 Å². The molecule has 0 unspecified atom stereocenters. The zero-order valence-corrected chi connectivity index (χ0v) is 16.0. The van der Waals surface area contributed by atoms with Crippen molar-refractivity contribution < 1.29 is 9.59 Å². The van der Waals surface area contributed by atoms with E-state index in [0.717, 1.165) is 10.6 Å². The van der Waals surface area contributed by atoms with E-state index in [1.165, 1.54) is 22.7 Å². The van der Waals surface area contributed by atoms with Gasteiger partial charge in [0, 0.05) is 33.8 Å². The fourth-order valence-electron chi connectivity index (χ4n) is 2.79. The number of aromatic nitrogens is 1. The number of thiophene rings is 1. The second-order valence-corrected chi connectivity index (χ2v) is 8.14. The van der Waals surface area contributed by atoms with E-state index < -0.39 is 0 Å². The van der Waals surface area contributed by atoms with Crippen molar-refractivity contribution in [1.29, 1.82) is 0 Å². The monoisotopic (exact) mass is 403 g/mol. The molecule has 2 aromatic heterocycles. The minimum absolute atomic E-state index is 0.0459. The number of hydrogen-bond acceptors (Lipinski definition) is 5. The van der Waals surface area contributed by atoms with Gasteiger partial charge in [0.25, 0.3) is 11.8 Å². The van der Waals surface area contributed by atoms with Gasteiger partial charge < -0.3 is 4.90 Å². The Kier molecular flexibility index (Phi) is 4.76. The van der Waals surface area contributed by atoms with E-state index in [4.69, 9.17) is 11.6 Å². The maximum atomic E-state index is 12.7. The molecule has 0 aliphatic carbocycles. The first-order valence-electron chi connectivity index (χ1n) is 7.97. The van der Waals surface area contributed by atoms with E-state index in [1.54, 1.807) is 40.6 Å². The van der Waals surface area contributed by atoms with Crippen molar-refractivity contribution in [1.82, 2.24) is 9.88 Å². The molecule has 0 bridgehead atoms. The first kappa shape index (κ1) is 17.2. The summed E-state index contributed by atoms with van der Waals surface area (Å²) in [5, 5.41) is 7.62. The van der Waals surface area contributed by atoms with Crippen LogP contribution in [0.5, 0.6) is 0 Å². The van der Waals surface area contributed by atoms with Gasteiger partial charge in [0.15, 0.2) is 5.13 Å². The Morgan fingerprint density at radius 2 is 2.12 bits per heavy atom. The van der Waals surface area contributed by atoms with Crippen molar-refractivity contribution in [3.63, 3.8) is 0 Å². The van der Waals surface area contributed by atoms with E-state index in [-0.39, 0.29) is 11.8 Å². The largest absolute Gasteiger partial charge is 0.333 e. The molecule has 0 saturated carbocycles. The highest BCUT2D eigenvalue weighted by Gasteiger charge is 2.25. The SMILES string of the molecule is O=C(Nc1nc2c(s1)CN(C(=O)c1cccc(Cl)c1)CC2)c1ccsc1. The van der Waals surface area contributed by atoms with Crippen LogP contribution in [0.2, 0.25) is 5.02 Å². The number of hydrogen-bond donors (Lipinski definition) is 1. The topological polar surface area (TPSA) is 62.3 Å². The number of carbonyl (C=O) groups excluding carboxylic acids is 2. The van der Waals surface area contributed by atoms with Gasteiger partial charge in [-0.2, -0.15) is 11.3 Å². The fraction of sp³-hybridized carbons (Fsp3) is 0.167. The van der Waals surface area contributed by atoms with E-state index >= 15 is 0 Å². The number of halogens is 1. The predicted octanol–water partition coefficient (Wildman–Crippen LogP) is 4.31. The van der Waals surface area contributed by atoms with Crippen LogP contribution in [0.1, 0.15) is 31.3 Å². The number of thiazole rings is 1. The second kappa shape index (κ2) is 7.19. The molecule has 1 N–H and O–H groups in total. The quantitative estimate of drug-likeness (QED) is 0.708. The van der Waals surface area contributed by atoms with Crippen LogP contribution in [0, 0.1) is 0 Å².